The van der Waals surface area contributed by atoms with E-state index in [1.54, 1.807) is 0 Å². The van der Waals surface area contributed by atoms with E-state index in [4.69, 9.17) is 9.97 Å². The van der Waals surface area contributed by atoms with Gasteiger partial charge in [-0.2, -0.15) is 0 Å². The van der Waals surface area contributed by atoms with Gasteiger partial charge in [0, 0.05) is 27.5 Å². The third-order valence-electron chi connectivity index (χ3n) is 9.59. The lowest BCUT2D eigenvalue weighted by atomic mass is 9.67. The molecule has 3 heterocycles. The zero-order valence-electron chi connectivity index (χ0n) is 23.8. The maximum atomic E-state index is 5.59. The van der Waals surface area contributed by atoms with Crippen LogP contribution in [0, 0.1) is 0 Å². The molecule has 10 rings (SSSR count). The molecule has 204 valence electrons. The van der Waals surface area contributed by atoms with Gasteiger partial charge in [-0.15, -0.1) is 0 Å². The fourth-order valence-electron chi connectivity index (χ4n) is 7.91. The summed E-state index contributed by atoms with van der Waals surface area (Å²) < 4.78 is 2.47. The monoisotopic (exact) mass is 559 g/mol. The van der Waals surface area contributed by atoms with E-state index in [1.165, 1.54) is 49.7 Å². The third-order valence-corrected chi connectivity index (χ3v) is 9.59. The molecule has 1 spiro atoms. The summed E-state index contributed by atoms with van der Waals surface area (Å²) in [6.45, 7) is 0. The van der Waals surface area contributed by atoms with Crippen molar-refractivity contribution in [1.29, 1.82) is 0 Å². The lowest BCUT2D eigenvalue weighted by Gasteiger charge is -2.38. The molecule has 3 nitrogen and oxygen atoms in total. The molecule has 2 aliphatic rings. The van der Waals surface area contributed by atoms with Crippen molar-refractivity contribution in [2.24, 2.45) is 0 Å². The molecule has 44 heavy (non-hydrogen) atoms. The van der Waals surface area contributed by atoms with Crippen LogP contribution in [0.2, 0.25) is 0 Å². The molecule has 3 heteroatoms. The summed E-state index contributed by atoms with van der Waals surface area (Å²) in [5, 5.41) is 2.53. The molecule has 6 aromatic carbocycles. The Morgan fingerprint density at radius 1 is 0.477 bits per heavy atom. The van der Waals surface area contributed by atoms with Crippen LogP contribution in [-0.4, -0.2) is 14.5 Å². The van der Waals surface area contributed by atoms with Gasteiger partial charge < -0.3 is 4.57 Å². The first-order chi connectivity index (χ1) is 21.9. The standard InChI is InChI=1S/C41H25N3/c1-3-14-26(15-4-1)37-36-30-19-7-9-21-31(30)41(39(36)43-40(42-37)27-16-5-2-6-17-27)32-22-10-12-25-35(32)44-34-24-11-8-18-28(34)29-20-13-23-33(41)38(29)44/h1-25H. The molecule has 0 bridgehead atoms. The first-order valence-corrected chi connectivity index (χ1v) is 15.1. The maximum Gasteiger partial charge on any atom is 0.160 e. The van der Waals surface area contributed by atoms with Crippen molar-refractivity contribution in [3.05, 3.63) is 174 Å². The summed E-state index contributed by atoms with van der Waals surface area (Å²) in [4.78, 5) is 10.9. The molecular formula is C41H25N3. The van der Waals surface area contributed by atoms with Crippen molar-refractivity contribution in [3.63, 3.8) is 0 Å². The van der Waals surface area contributed by atoms with E-state index < -0.39 is 5.41 Å². The van der Waals surface area contributed by atoms with Crippen molar-refractivity contribution in [1.82, 2.24) is 14.5 Å². The zero-order valence-corrected chi connectivity index (χ0v) is 23.8. The molecule has 2 aromatic heterocycles. The van der Waals surface area contributed by atoms with Gasteiger partial charge in [-0.05, 0) is 34.4 Å². The highest BCUT2D eigenvalue weighted by molar-refractivity contribution is 6.13. The van der Waals surface area contributed by atoms with Crippen molar-refractivity contribution in [2.45, 2.75) is 5.41 Å². The normalized spacial score (nSPS) is 15.8. The Labute approximate surface area is 254 Å². The van der Waals surface area contributed by atoms with Gasteiger partial charge >= 0.3 is 0 Å². The highest BCUT2D eigenvalue weighted by atomic mass is 15.0. The molecule has 0 N–H and O–H groups in total. The lowest BCUT2D eigenvalue weighted by Crippen LogP contribution is -2.34. The van der Waals surface area contributed by atoms with Gasteiger partial charge in [0.05, 0.1) is 33.5 Å². The van der Waals surface area contributed by atoms with Gasteiger partial charge in [0.15, 0.2) is 5.82 Å². The van der Waals surface area contributed by atoms with Crippen LogP contribution in [0.25, 0.3) is 61.3 Å². The van der Waals surface area contributed by atoms with Crippen LogP contribution in [0.1, 0.15) is 22.4 Å². The molecule has 0 saturated carbocycles. The van der Waals surface area contributed by atoms with Crippen LogP contribution in [0.15, 0.2) is 152 Å². The minimum Gasteiger partial charge on any atom is -0.309 e. The van der Waals surface area contributed by atoms with Crippen molar-refractivity contribution in [3.8, 4) is 39.5 Å². The summed E-state index contributed by atoms with van der Waals surface area (Å²) in [7, 11) is 0. The Bertz CT molecular complexity index is 2440. The number of benzene rings is 6. The average Bonchev–Trinajstić information content (AvgIpc) is 3.59. The molecule has 1 aliphatic heterocycles. The Balaban J connectivity index is 1.45. The predicted octanol–water partition coefficient (Wildman–Crippen LogP) is 9.58. The molecule has 1 atom stereocenters. The highest BCUT2D eigenvalue weighted by Gasteiger charge is 2.53. The molecule has 0 fully saturated rings. The average molecular weight is 560 g/mol. The largest absolute Gasteiger partial charge is 0.309 e. The van der Waals surface area contributed by atoms with Crippen LogP contribution in [0.3, 0.4) is 0 Å². The number of aromatic nitrogens is 3. The van der Waals surface area contributed by atoms with Crippen LogP contribution in [0.5, 0.6) is 0 Å². The fourth-order valence-corrected chi connectivity index (χ4v) is 7.91. The van der Waals surface area contributed by atoms with Gasteiger partial charge in [-0.25, -0.2) is 9.97 Å². The van der Waals surface area contributed by atoms with Crippen LogP contribution >= 0.6 is 0 Å². The van der Waals surface area contributed by atoms with Gasteiger partial charge in [0.2, 0.25) is 0 Å². The van der Waals surface area contributed by atoms with E-state index in [-0.39, 0.29) is 0 Å². The van der Waals surface area contributed by atoms with E-state index in [1.807, 2.05) is 6.07 Å². The summed E-state index contributed by atoms with van der Waals surface area (Å²) in [5.41, 5.74) is 13.2. The second-order valence-electron chi connectivity index (χ2n) is 11.7. The zero-order chi connectivity index (χ0) is 28.8. The first kappa shape index (κ1) is 23.7. The number of nitrogens with zero attached hydrogens (tertiary/aromatic N) is 3. The van der Waals surface area contributed by atoms with Crippen LogP contribution in [0.4, 0.5) is 0 Å². The van der Waals surface area contributed by atoms with Gasteiger partial charge in [0.1, 0.15) is 0 Å². The van der Waals surface area contributed by atoms with E-state index in [2.05, 4.69) is 150 Å². The quantitative estimate of drug-likeness (QED) is 0.211. The summed E-state index contributed by atoms with van der Waals surface area (Å²) in [6, 6.07) is 54.4. The van der Waals surface area contributed by atoms with E-state index in [9.17, 15) is 0 Å². The molecular weight excluding hydrogens is 534 g/mol. The lowest BCUT2D eigenvalue weighted by molar-refractivity contribution is 0.720. The number of rotatable bonds is 2. The third kappa shape index (κ3) is 2.86. The Kier molecular flexibility index (Phi) is 4.65. The van der Waals surface area contributed by atoms with E-state index >= 15 is 0 Å². The van der Waals surface area contributed by atoms with Crippen molar-refractivity contribution in [2.75, 3.05) is 0 Å². The van der Waals surface area contributed by atoms with E-state index in [0.717, 1.165) is 33.9 Å². The Morgan fingerprint density at radius 2 is 1.11 bits per heavy atom. The maximum absolute atomic E-state index is 5.59. The molecule has 8 aromatic rings. The molecule has 1 unspecified atom stereocenters. The van der Waals surface area contributed by atoms with Crippen molar-refractivity contribution >= 4 is 21.8 Å². The number of fused-ring (bicyclic) bond motifs is 12. The Morgan fingerprint density at radius 3 is 1.95 bits per heavy atom. The Hall–Kier alpha value is -5.80. The second-order valence-corrected chi connectivity index (χ2v) is 11.7. The van der Waals surface area contributed by atoms with E-state index in [0.29, 0.717) is 0 Å². The fraction of sp³-hybridized carbons (Fsp3) is 0.0244. The minimum atomic E-state index is -0.623. The number of para-hydroxylation sites is 3. The number of hydrogen-bond acceptors (Lipinski definition) is 2. The number of hydrogen-bond donors (Lipinski definition) is 0. The summed E-state index contributed by atoms with van der Waals surface area (Å²) >= 11 is 0. The summed E-state index contributed by atoms with van der Waals surface area (Å²) in [5.74, 6) is 0.742. The molecule has 0 amide bonds. The van der Waals surface area contributed by atoms with Gasteiger partial charge in [0.25, 0.3) is 0 Å². The van der Waals surface area contributed by atoms with Gasteiger partial charge in [-0.3, -0.25) is 0 Å². The highest BCUT2D eigenvalue weighted by Crippen LogP contribution is 2.61. The minimum absolute atomic E-state index is 0.623. The molecule has 0 saturated heterocycles. The van der Waals surface area contributed by atoms with Crippen LogP contribution < -0.4 is 0 Å². The SMILES string of the molecule is c1ccc(-c2nc(-c3ccccc3)c3c(n2)C2(c4ccccc4-3)c3ccccc3-n3c4ccccc4c4cccc2c43)cc1. The molecule has 1 aliphatic carbocycles. The smallest absolute Gasteiger partial charge is 0.160 e. The predicted molar refractivity (Wildman–Crippen MR) is 178 cm³/mol. The molecule has 0 radical (unpaired) electrons. The summed E-state index contributed by atoms with van der Waals surface area (Å²) in [6.07, 6.45) is 0. The van der Waals surface area contributed by atoms with Crippen molar-refractivity contribution < 1.29 is 0 Å². The second kappa shape index (κ2) is 8.62. The van der Waals surface area contributed by atoms with Crippen LogP contribution in [-0.2, 0) is 5.41 Å². The van der Waals surface area contributed by atoms with Gasteiger partial charge in [-0.1, -0.05) is 140 Å². The first-order valence-electron chi connectivity index (χ1n) is 15.1. The topological polar surface area (TPSA) is 30.7 Å².